The quantitative estimate of drug-likeness (QED) is 0.518. The van der Waals surface area contributed by atoms with Crippen molar-refractivity contribution >= 4 is 0 Å². The lowest BCUT2D eigenvalue weighted by Crippen LogP contribution is -2.31. The van der Waals surface area contributed by atoms with Crippen molar-refractivity contribution in [1.29, 1.82) is 0 Å². The van der Waals surface area contributed by atoms with Gasteiger partial charge in [0.15, 0.2) is 12.6 Å². The van der Waals surface area contributed by atoms with Crippen LogP contribution in [0, 0.1) is 0 Å². The molecule has 0 rings (SSSR count). The van der Waals surface area contributed by atoms with Crippen molar-refractivity contribution in [2.45, 2.75) is 12.6 Å². The van der Waals surface area contributed by atoms with Gasteiger partial charge in [0.25, 0.3) is 0 Å². The second-order valence-electron chi connectivity index (χ2n) is 2.38. The Morgan fingerprint density at radius 1 is 0.769 bits per heavy atom. The van der Waals surface area contributed by atoms with Gasteiger partial charge in [-0.1, -0.05) is 0 Å². The van der Waals surface area contributed by atoms with E-state index < -0.39 is 12.6 Å². The van der Waals surface area contributed by atoms with Gasteiger partial charge in [-0.2, -0.15) is 0 Å². The number of methoxy groups -OCH3 is 4. The van der Waals surface area contributed by atoms with Crippen molar-refractivity contribution in [3.63, 3.8) is 0 Å². The SMILES string of the molecule is COCC(OC)OC(COC)OC. The lowest BCUT2D eigenvalue weighted by atomic mass is 10.6. The molecule has 0 aliphatic carbocycles. The zero-order valence-electron chi connectivity index (χ0n) is 8.61. The van der Waals surface area contributed by atoms with E-state index in [2.05, 4.69) is 0 Å². The van der Waals surface area contributed by atoms with Gasteiger partial charge in [-0.25, -0.2) is 0 Å². The number of rotatable bonds is 8. The Balaban J connectivity index is 3.73. The molecule has 0 bridgehead atoms. The first-order chi connectivity index (χ1) is 6.28. The van der Waals surface area contributed by atoms with Gasteiger partial charge in [0.05, 0.1) is 13.2 Å². The Morgan fingerprint density at radius 3 is 1.38 bits per heavy atom. The molecule has 5 nitrogen and oxygen atoms in total. The van der Waals surface area contributed by atoms with E-state index in [1.54, 1.807) is 28.4 Å². The maximum absolute atomic E-state index is 5.34. The van der Waals surface area contributed by atoms with Crippen LogP contribution in [0.15, 0.2) is 0 Å². The highest BCUT2D eigenvalue weighted by molar-refractivity contribution is 4.45. The number of hydrogen-bond donors (Lipinski definition) is 0. The maximum Gasteiger partial charge on any atom is 0.183 e. The van der Waals surface area contributed by atoms with Gasteiger partial charge < -0.3 is 23.7 Å². The van der Waals surface area contributed by atoms with Crippen molar-refractivity contribution in [2.24, 2.45) is 0 Å². The molecule has 0 saturated heterocycles. The third kappa shape index (κ3) is 5.95. The fourth-order valence-corrected chi connectivity index (χ4v) is 0.767. The van der Waals surface area contributed by atoms with E-state index in [9.17, 15) is 0 Å². The Bertz CT molecular complexity index is 96.7. The average molecular weight is 194 g/mol. The molecule has 0 heterocycles. The van der Waals surface area contributed by atoms with Crippen LogP contribution in [-0.2, 0) is 23.7 Å². The van der Waals surface area contributed by atoms with Gasteiger partial charge >= 0.3 is 0 Å². The monoisotopic (exact) mass is 194 g/mol. The maximum atomic E-state index is 5.34. The van der Waals surface area contributed by atoms with E-state index in [1.165, 1.54) is 0 Å². The van der Waals surface area contributed by atoms with Crippen LogP contribution < -0.4 is 0 Å². The highest BCUT2D eigenvalue weighted by Crippen LogP contribution is 2.01. The normalized spacial score (nSPS) is 15.7. The molecule has 0 saturated carbocycles. The molecule has 0 aromatic rings. The van der Waals surface area contributed by atoms with Crippen LogP contribution in [0.25, 0.3) is 0 Å². The van der Waals surface area contributed by atoms with Crippen LogP contribution in [-0.4, -0.2) is 54.2 Å². The van der Waals surface area contributed by atoms with Gasteiger partial charge in [0, 0.05) is 28.4 Å². The van der Waals surface area contributed by atoms with Crippen LogP contribution in [0.5, 0.6) is 0 Å². The van der Waals surface area contributed by atoms with Crippen LogP contribution >= 0.6 is 0 Å². The molecule has 2 atom stereocenters. The van der Waals surface area contributed by atoms with Crippen LogP contribution in [0.2, 0.25) is 0 Å². The first-order valence-corrected chi connectivity index (χ1v) is 3.97. The smallest absolute Gasteiger partial charge is 0.183 e. The molecule has 5 heteroatoms. The lowest BCUT2D eigenvalue weighted by Gasteiger charge is -2.21. The van der Waals surface area contributed by atoms with E-state index in [1.807, 2.05) is 0 Å². The van der Waals surface area contributed by atoms with Gasteiger partial charge in [0.2, 0.25) is 0 Å². The van der Waals surface area contributed by atoms with Crippen LogP contribution in [0.3, 0.4) is 0 Å². The summed E-state index contributed by atoms with van der Waals surface area (Å²) in [5.41, 5.74) is 0. The van der Waals surface area contributed by atoms with Crippen molar-refractivity contribution in [1.82, 2.24) is 0 Å². The molecule has 0 aliphatic rings. The summed E-state index contributed by atoms with van der Waals surface area (Å²) in [6, 6.07) is 0. The molecule has 0 aliphatic heterocycles. The first kappa shape index (κ1) is 12.8. The third-order valence-electron chi connectivity index (χ3n) is 1.43. The van der Waals surface area contributed by atoms with E-state index in [4.69, 9.17) is 23.7 Å². The third-order valence-corrected chi connectivity index (χ3v) is 1.43. The summed E-state index contributed by atoms with van der Waals surface area (Å²) in [5, 5.41) is 0. The molecule has 0 fully saturated rings. The molecule has 0 radical (unpaired) electrons. The van der Waals surface area contributed by atoms with E-state index in [0.29, 0.717) is 13.2 Å². The minimum atomic E-state index is -0.426. The van der Waals surface area contributed by atoms with Gasteiger partial charge in [-0.15, -0.1) is 0 Å². The molecule has 0 amide bonds. The average Bonchev–Trinajstić information content (AvgIpc) is 2.16. The van der Waals surface area contributed by atoms with Crippen molar-refractivity contribution in [3.05, 3.63) is 0 Å². The zero-order chi connectivity index (χ0) is 10.1. The minimum absolute atomic E-state index is 0.361. The zero-order valence-corrected chi connectivity index (χ0v) is 8.61. The highest BCUT2D eigenvalue weighted by atomic mass is 16.8. The van der Waals surface area contributed by atoms with Crippen molar-refractivity contribution < 1.29 is 23.7 Å². The van der Waals surface area contributed by atoms with E-state index in [0.717, 1.165) is 0 Å². The first-order valence-electron chi connectivity index (χ1n) is 3.97. The minimum Gasteiger partial charge on any atom is -0.379 e. The summed E-state index contributed by atoms with van der Waals surface area (Å²) in [6.45, 7) is 0.722. The molecule has 0 aromatic carbocycles. The Hall–Kier alpha value is -0.200. The summed E-state index contributed by atoms with van der Waals surface area (Å²) in [5.74, 6) is 0. The van der Waals surface area contributed by atoms with Gasteiger partial charge in [0.1, 0.15) is 0 Å². The van der Waals surface area contributed by atoms with Crippen LogP contribution in [0.1, 0.15) is 0 Å². The largest absolute Gasteiger partial charge is 0.379 e. The molecule has 2 unspecified atom stereocenters. The van der Waals surface area contributed by atoms with Crippen LogP contribution in [0.4, 0.5) is 0 Å². The Labute approximate surface area is 78.9 Å². The summed E-state index contributed by atoms with van der Waals surface area (Å²) < 4.78 is 25.1. The molecular weight excluding hydrogens is 176 g/mol. The van der Waals surface area contributed by atoms with Gasteiger partial charge in [-0.05, 0) is 0 Å². The van der Waals surface area contributed by atoms with E-state index in [-0.39, 0.29) is 0 Å². The standard InChI is InChI=1S/C8H18O5/c1-9-5-7(11-3)13-8(12-4)6-10-2/h7-8H,5-6H2,1-4H3. The summed E-state index contributed by atoms with van der Waals surface area (Å²) in [7, 11) is 6.24. The number of hydrogen-bond acceptors (Lipinski definition) is 5. The molecule has 0 aromatic heterocycles. The fourth-order valence-electron chi connectivity index (χ4n) is 0.767. The Morgan fingerprint density at radius 2 is 1.15 bits per heavy atom. The molecular formula is C8H18O5. The van der Waals surface area contributed by atoms with E-state index >= 15 is 0 Å². The molecule has 0 N–H and O–H groups in total. The van der Waals surface area contributed by atoms with Gasteiger partial charge in [-0.3, -0.25) is 0 Å². The highest BCUT2D eigenvalue weighted by Gasteiger charge is 2.14. The number of ether oxygens (including phenoxy) is 5. The van der Waals surface area contributed by atoms with Crippen molar-refractivity contribution in [2.75, 3.05) is 41.7 Å². The second kappa shape index (κ2) is 8.40. The Kier molecular flexibility index (Phi) is 8.27. The van der Waals surface area contributed by atoms with Crippen molar-refractivity contribution in [3.8, 4) is 0 Å². The lowest BCUT2D eigenvalue weighted by molar-refractivity contribution is -0.253. The topological polar surface area (TPSA) is 46.2 Å². The fraction of sp³-hybridized carbons (Fsp3) is 1.00. The second-order valence-corrected chi connectivity index (χ2v) is 2.38. The summed E-state index contributed by atoms with van der Waals surface area (Å²) >= 11 is 0. The predicted molar refractivity (Wildman–Crippen MR) is 46.4 cm³/mol. The predicted octanol–water partition coefficient (Wildman–Crippen LogP) is 0.241. The summed E-state index contributed by atoms with van der Waals surface area (Å²) in [6.07, 6.45) is -0.852. The summed E-state index contributed by atoms with van der Waals surface area (Å²) in [4.78, 5) is 0. The molecule has 80 valence electrons. The molecule has 13 heavy (non-hydrogen) atoms. The molecule has 0 spiro atoms.